The first-order valence-corrected chi connectivity index (χ1v) is 6.37. The normalized spacial score (nSPS) is 17.7. The zero-order valence-electron chi connectivity index (χ0n) is 11.7. The highest BCUT2D eigenvalue weighted by molar-refractivity contribution is 5.52. The van der Waals surface area contributed by atoms with Gasteiger partial charge in [-0.3, -0.25) is 0 Å². The molecule has 0 heterocycles. The highest BCUT2D eigenvalue weighted by atomic mass is 16.5. The Morgan fingerprint density at radius 3 is 2.00 bits per heavy atom. The number of benzene rings is 1. The molecule has 1 aliphatic rings. The summed E-state index contributed by atoms with van der Waals surface area (Å²) < 4.78 is 16.0. The lowest BCUT2D eigenvalue weighted by atomic mass is 9.90. The van der Waals surface area contributed by atoms with Gasteiger partial charge in [-0.05, 0) is 25.5 Å². The molecule has 0 spiro atoms. The van der Waals surface area contributed by atoms with Crippen molar-refractivity contribution in [2.24, 2.45) is 16.9 Å². The van der Waals surface area contributed by atoms with Crippen molar-refractivity contribution < 1.29 is 14.2 Å². The Morgan fingerprint density at radius 1 is 1.05 bits per heavy atom. The molecule has 2 rings (SSSR count). The summed E-state index contributed by atoms with van der Waals surface area (Å²) in [5.74, 6) is 2.00. The number of hydrogen-bond donors (Lipinski definition) is 2. The molecule has 0 amide bonds. The molecular formula is C14H22N2O3. The average molecular weight is 266 g/mol. The predicted molar refractivity (Wildman–Crippen MR) is 73.7 cm³/mol. The van der Waals surface area contributed by atoms with Crippen LogP contribution < -0.4 is 25.7 Å². The van der Waals surface area contributed by atoms with Crippen LogP contribution in [0.3, 0.4) is 0 Å². The third-order valence-corrected chi connectivity index (χ3v) is 4.03. The lowest BCUT2D eigenvalue weighted by molar-refractivity contribution is 0.340. The van der Waals surface area contributed by atoms with E-state index in [1.165, 1.54) is 0 Å². The SMILES string of the molecule is COc1cc(OC)c(C(N)C2(CN)CC2)cc1OC. The van der Waals surface area contributed by atoms with Crippen LogP contribution in [0.25, 0.3) is 0 Å². The molecule has 0 bridgehead atoms. The standard InChI is InChI=1S/C14H22N2O3/c1-17-10-7-12(19-3)11(18-2)6-9(10)13(16)14(8-15)4-5-14/h6-7,13H,4-5,8,15-16H2,1-3H3. The molecular weight excluding hydrogens is 244 g/mol. The zero-order chi connectivity index (χ0) is 14.0. The van der Waals surface area contributed by atoms with Crippen molar-refractivity contribution in [3.63, 3.8) is 0 Å². The van der Waals surface area contributed by atoms with E-state index < -0.39 is 0 Å². The topological polar surface area (TPSA) is 79.7 Å². The van der Waals surface area contributed by atoms with E-state index in [1.807, 2.05) is 6.07 Å². The maximum absolute atomic E-state index is 6.38. The first-order valence-electron chi connectivity index (χ1n) is 6.37. The summed E-state index contributed by atoms with van der Waals surface area (Å²) in [6.07, 6.45) is 2.12. The summed E-state index contributed by atoms with van der Waals surface area (Å²) in [5.41, 5.74) is 13.2. The van der Waals surface area contributed by atoms with Crippen LogP contribution in [-0.4, -0.2) is 27.9 Å². The van der Waals surface area contributed by atoms with Gasteiger partial charge in [0.2, 0.25) is 0 Å². The fraction of sp³-hybridized carbons (Fsp3) is 0.571. The molecule has 5 nitrogen and oxygen atoms in total. The molecule has 1 aromatic rings. The molecule has 1 aromatic carbocycles. The van der Waals surface area contributed by atoms with Crippen molar-refractivity contribution in [2.45, 2.75) is 18.9 Å². The van der Waals surface area contributed by atoms with Crippen molar-refractivity contribution in [3.8, 4) is 17.2 Å². The molecule has 5 heteroatoms. The average Bonchev–Trinajstić information content (AvgIpc) is 3.26. The molecule has 0 radical (unpaired) electrons. The Kier molecular flexibility index (Phi) is 3.87. The minimum atomic E-state index is -0.146. The number of rotatable bonds is 6. The van der Waals surface area contributed by atoms with Crippen LogP contribution in [0, 0.1) is 5.41 Å². The lowest BCUT2D eigenvalue weighted by Gasteiger charge is -2.25. The summed E-state index contributed by atoms with van der Waals surface area (Å²) in [6.45, 7) is 0.589. The highest BCUT2D eigenvalue weighted by Gasteiger charge is 2.48. The maximum Gasteiger partial charge on any atom is 0.164 e. The van der Waals surface area contributed by atoms with Crippen molar-refractivity contribution in [3.05, 3.63) is 17.7 Å². The summed E-state index contributed by atoms with van der Waals surface area (Å²) in [4.78, 5) is 0. The largest absolute Gasteiger partial charge is 0.496 e. The van der Waals surface area contributed by atoms with Gasteiger partial charge in [-0.25, -0.2) is 0 Å². The van der Waals surface area contributed by atoms with Gasteiger partial charge >= 0.3 is 0 Å². The molecule has 1 unspecified atom stereocenters. The molecule has 19 heavy (non-hydrogen) atoms. The van der Waals surface area contributed by atoms with Gasteiger partial charge in [-0.2, -0.15) is 0 Å². The molecule has 1 atom stereocenters. The number of ether oxygens (including phenoxy) is 3. The van der Waals surface area contributed by atoms with Gasteiger partial charge in [0.1, 0.15) is 5.75 Å². The second kappa shape index (κ2) is 5.27. The first kappa shape index (κ1) is 14.0. The summed E-state index contributed by atoms with van der Waals surface area (Å²) in [6, 6.07) is 3.55. The van der Waals surface area contributed by atoms with Gasteiger partial charge in [0.25, 0.3) is 0 Å². The fourth-order valence-corrected chi connectivity index (χ4v) is 2.43. The molecule has 106 valence electrons. The van der Waals surface area contributed by atoms with Crippen molar-refractivity contribution >= 4 is 0 Å². The Hall–Kier alpha value is -1.46. The van der Waals surface area contributed by atoms with Gasteiger partial charge in [0.15, 0.2) is 11.5 Å². The molecule has 1 fully saturated rings. The third-order valence-electron chi connectivity index (χ3n) is 4.03. The van der Waals surface area contributed by atoms with Crippen molar-refractivity contribution in [2.75, 3.05) is 27.9 Å². The van der Waals surface area contributed by atoms with Crippen LogP contribution in [0.1, 0.15) is 24.4 Å². The number of methoxy groups -OCH3 is 3. The van der Waals surface area contributed by atoms with Crippen LogP contribution in [0.15, 0.2) is 12.1 Å². The Labute approximate surface area is 113 Å². The summed E-state index contributed by atoms with van der Waals surface area (Å²) >= 11 is 0. The Balaban J connectivity index is 2.43. The number of hydrogen-bond acceptors (Lipinski definition) is 5. The van der Waals surface area contributed by atoms with Crippen LogP contribution in [0.5, 0.6) is 17.2 Å². The lowest BCUT2D eigenvalue weighted by Crippen LogP contribution is -2.29. The second-order valence-corrected chi connectivity index (χ2v) is 4.99. The first-order chi connectivity index (χ1) is 9.11. The Bertz CT molecular complexity index is 458. The van der Waals surface area contributed by atoms with Gasteiger partial charge in [-0.15, -0.1) is 0 Å². The quantitative estimate of drug-likeness (QED) is 0.814. The molecule has 1 saturated carbocycles. The van der Waals surface area contributed by atoms with Gasteiger partial charge in [-0.1, -0.05) is 0 Å². The van der Waals surface area contributed by atoms with Crippen LogP contribution in [0.2, 0.25) is 0 Å². The minimum absolute atomic E-state index is 0.00683. The van der Waals surface area contributed by atoms with E-state index in [0.29, 0.717) is 23.8 Å². The Morgan fingerprint density at radius 2 is 1.58 bits per heavy atom. The van der Waals surface area contributed by atoms with E-state index in [9.17, 15) is 0 Å². The smallest absolute Gasteiger partial charge is 0.164 e. The summed E-state index contributed by atoms with van der Waals surface area (Å²) in [7, 11) is 4.83. The van der Waals surface area contributed by atoms with Gasteiger partial charge in [0.05, 0.1) is 21.3 Å². The van der Waals surface area contributed by atoms with Crippen LogP contribution >= 0.6 is 0 Å². The zero-order valence-corrected chi connectivity index (χ0v) is 11.7. The van der Waals surface area contributed by atoms with Crippen LogP contribution in [0.4, 0.5) is 0 Å². The minimum Gasteiger partial charge on any atom is -0.496 e. The van der Waals surface area contributed by atoms with Gasteiger partial charge < -0.3 is 25.7 Å². The van der Waals surface area contributed by atoms with E-state index in [2.05, 4.69) is 0 Å². The van der Waals surface area contributed by atoms with E-state index >= 15 is 0 Å². The monoisotopic (exact) mass is 266 g/mol. The fourth-order valence-electron chi connectivity index (χ4n) is 2.43. The molecule has 0 aromatic heterocycles. The molecule has 0 aliphatic heterocycles. The van der Waals surface area contributed by atoms with E-state index in [4.69, 9.17) is 25.7 Å². The van der Waals surface area contributed by atoms with Crippen molar-refractivity contribution in [1.29, 1.82) is 0 Å². The maximum atomic E-state index is 6.38. The van der Waals surface area contributed by atoms with Crippen molar-refractivity contribution in [1.82, 2.24) is 0 Å². The van der Waals surface area contributed by atoms with Crippen LogP contribution in [-0.2, 0) is 0 Å². The highest BCUT2D eigenvalue weighted by Crippen LogP contribution is 2.55. The van der Waals surface area contributed by atoms with E-state index in [1.54, 1.807) is 27.4 Å². The second-order valence-electron chi connectivity index (χ2n) is 4.99. The molecule has 0 saturated heterocycles. The molecule has 4 N–H and O–H groups in total. The summed E-state index contributed by atoms with van der Waals surface area (Å²) in [5, 5.41) is 0. The number of nitrogens with two attached hydrogens (primary N) is 2. The third kappa shape index (κ3) is 2.35. The predicted octanol–water partition coefficient (Wildman–Crippen LogP) is 1.45. The van der Waals surface area contributed by atoms with E-state index in [0.717, 1.165) is 18.4 Å². The molecule has 1 aliphatic carbocycles. The van der Waals surface area contributed by atoms with E-state index in [-0.39, 0.29) is 11.5 Å². The van der Waals surface area contributed by atoms with Gasteiger partial charge in [0, 0.05) is 23.1 Å².